The summed E-state index contributed by atoms with van der Waals surface area (Å²) in [6, 6.07) is -4.48. The maximum absolute atomic E-state index is 13.0. The first-order valence-electron chi connectivity index (χ1n) is 35.1. The van der Waals surface area contributed by atoms with Gasteiger partial charge in [0.2, 0.25) is 64.9 Å². The van der Waals surface area contributed by atoms with E-state index in [4.69, 9.17) is 10.1 Å². The lowest BCUT2D eigenvalue weighted by Crippen LogP contribution is -2.34. The van der Waals surface area contributed by atoms with Gasteiger partial charge in [-0.25, -0.2) is 49.9 Å². The predicted octanol–water partition coefficient (Wildman–Crippen LogP) is 8.01. The Morgan fingerprint density at radius 1 is 0.422 bits per heavy atom. The number of aliphatic imine (C=N–C) groups is 11. The number of phenolic OH excluding ortho intramolecular Hbond substituents is 1. The molecule has 0 aliphatic carbocycles. The highest BCUT2D eigenvalue weighted by atomic mass is 32.2. The lowest BCUT2D eigenvalue weighted by Gasteiger charge is -2.21. The second kappa shape index (κ2) is 41.9. The van der Waals surface area contributed by atoms with Crippen molar-refractivity contribution in [3.05, 3.63) is 66.2 Å². The van der Waals surface area contributed by atoms with Crippen molar-refractivity contribution in [2.24, 2.45) is 66.8 Å². The lowest BCUT2D eigenvalue weighted by atomic mass is 9.93. The van der Waals surface area contributed by atoms with E-state index >= 15 is 0 Å². The van der Waals surface area contributed by atoms with Crippen LogP contribution in [-0.2, 0) is 56.0 Å². The Hall–Kier alpha value is -12.0. The summed E-state index contributed by atoms with van der Waals surface area (Å²) in [7, 11) is -15.9. The SMILES string of the molecule is CC[C@H](C)[C@H](N=C(O)[C@H](CCN=C(O)COc1cc(S(=O)(=O)O)c2ccc3c(S(=O)(=O)O)cc(S(=O)(=O)O)c4ccc1c2c43)N=C(O)[C@H](CCC(=O)O)N=C(O)[C@H](CCC(=O)O)N=C(C)O)C(O)=N[C@@H](Cc1ccc(O)cc1)C(O)=NCC(O)=N[C@@H](CCC(=O)O)C(O)=N[C@H](C(O)=N[C@@H](CCC(=O)O)C(O)=N[C@@H](C)C(=N)O)[C@@H](C)CC. The summed E-state index contributed by atoms with van der Waals surface area (Å²) in [5.41, 5.74) is 0.285. The minimum atomic E-state index is -5.31. The molecule has 0 radical (unpaired) electrons. The number of aromatic hydroxyl groups is 1. The first-order chi connectivity index (χ1) is 54.1. The summed E-state index contributed by atoms with van der Waals surface area (Å²) in [6.07, 6.45) is -5.98. The zero-order valence-electron chi connectivity index (χ0n) is 62.8. The van der Waals surface area contributed by atoms with Gasteiger partial charge >= 0.3 is 23.9 Å². The van der Waals surface area contributed by atoms with Crippen molar-refractivity contribution < 1.29 is 150 Å². The second-order valence-electron chi connectivity index (χ2n) is 26.3. The topological polar surface area (TPSA) is 744 Å². The van der Waals surface area contributed by atoms with E-state index in [9.17, 15) is 145 Å². The van der Waals surface area contributed by atoms with Gasteiger partial charge in [-0.1, -0.05) is 70.9 Å². The van der Waals surface area contributed by atoms with Gasteiger partial charge in [-0.3, -0.25) is 43.2 Å². The second-order valence-corrected chi connectivity index (χ2v) is 30.5. The number of hydrogen-bond acceptors (Lipinski definition) is 24. The van der Waals surface area contributed by atoms with Crippen LogP contribution in [0.5, 0.6) is 11.5 Å². The lowest BCUT2D eigenvalue weighted by molar-refractivity contribution is -0.138. The molecular formula is C70H90N12O31S3. The fraction of sp³-hybridized carbons (Fsp3) is 0.457. The summed E-state index contributed by atoms with van der Waals surface area (Å²) < 4.78 is 113. The van der Waals surface area contributed by atoms with Crippen molar-refractivity contribution in [1.82, 2.24) is 0 Å². The Bertz CT molecular complexity index is 5090. The van der Waals surface area contributed by atoms with Crippen molar-refractivity contribution in [3.8, 4) is 11.5 Å². The number of carboxylic acid groups (broad SMARTS) is 4. The molecule has 0 unspecified atom stereocenters. The number of aliphatic hydroxyl groups excluding tert-OH is 12. The molecular weight excluding hydrogens is 1600 g/mol. The maximum atomic E-state index is 13.0. The van der Waals surface area contributed by atoms with Crippen molar-refractivity contribution in [2.45, 2.75) is 188 Å². The molecule has 0 aromatic heterocycles. The molecule has 21 N–H and O–H groups in total. The Kier molecular flexibility index (Phi) is 34.1. The van der Waals surface area contributed by atoms with Crippen molar-refractivity contribution in [3.63, 3.8) is 0 Å². The molecule has 11 atom stereocenters. The van der Waals surface area contributed by atoms with Crippen LogP contribution in [0.2, 0.25) is 0 Å². The first kappa shape index (κ1) is 94.6. The van der Waals surface area contributed by atoms with Gasteiger partial charge in [0.15, 0.2) is 12.5 Å². The van der Waals surface area contributed by atoms with Gasteiger partial charge in [0.25, 0.3) is 30.4 Å². The third-order valence-electron chi connectivity index (χ3n) is 17.7. The molecule has 46 heteroatoms. The molecule has 5 rings (SSSR count). The molecule has 0 heterocycles. The van der Waals surface area contributed by atoms with E-state index in [1.165, 1.54) is 45.0 Å². The minimum Gasteiger partial charge on any atom is -0.508 e. The highest BCUT2D eigenvalue weighted by molar-refractivity contribution is 7.87. The van der Waals surface area contributed by atoms with E-state index in [0.29, 0.717) is 6.07 Å². The van der Waals surface area contributed by atoms with E-state index in [0.717, 1.165) is 37.3 Å². The van der Waals surface area contributed by atoms with E-state index in [1.807, 2.05) is 0 Å². The zero-order valence-corrected chi connectivity index (χ0v) is 65.3. The van der Waals surface area contributed by atoms with Gasteiger partial charge < -0.3 is 91.5 Å². The summed E-state index contributed by atoms with van der Waals surface area (Å²) >= 11 is 0. The van der Waals surface area contributed by atoms with E-state index in [-0.39, 0.29) is 45.7 Å². The summed E-state index contributed by atoms with van der Waals surface area (Å²) in [6.45, 7) is 5.77. The van der Waals surface area contributed by atoms with E-state index < -0.39 is 306 Å². The largest absolute Gasteiger partial charge is 0.508 e. The average Bonchev–Trinajstić information content (AvgIpc) is 0.706. The number of nitrogens with zero attached hydrogens (tertiary/aromatic N) is 11. The fourth-order valence-corrected chi connectivity index (χ4v) is 13.5. The van der Waals surface area contributed by atoms with Gasteiger partial charge in [-0.2, -0.15) is 25.3 Å². The van der Waals surface area contributed by atoms with Crippen LogP contribution in [0.25, 0.3) is 32.3 Å². The third-order valence-corrected chi connectivity index (χ3v) is 20.3. The Labute approximate surface area is 661 Å². The quantitative estimate of drug-likeness (QED) is 0.00758. The summed E-state index contributed by atoms with van der Waals surface area (Å²) in [5, 5.41) is 189. The molecule has 0 saturated carbocycles. The molecule has 0 aliphatic rings. The molecule has 43 nitrogen and oxygen atoms in total. The van der Waals surface area contributed by atoms with Crippen LogP contribution in [0.15, 0.2) is 130 Å². The number of benzene rings is 5. The number of nitrogens with one attached hydrogen (secondary N) is 1. The summed E-state index contributed by atoms with van der Waals surface area (Å²) in [5.74, 6) is -19.8. The Balaban J connectivity index is 1.66. The van der Waals surface area contributed by atoms with Crippen LogP contribution in [0.1, 0.15) is 118 Å². The molecule has 0 aliphatic heterocycles. The molecule has 0 fully saturated rings. The Morgan fingerprint density at radius 2 is 0.784 bits per heavy atom. The number of phenols is 1. The first-order valence-corrected chi connectivity index (χ1v) is 39.5. The molecule has 5 aromatic carbocycles. The monoisotopic (exact) mass is 1690 g/mol. The highest BCUT2D eigenvalue weighted by Gasteiger charge is 2.34. The molecule has 634 valence electrons. The van der Waals surface area contributed by atoms with E-state index in [2.05, 4.69) is 54.9 Å². The average molecular weight is 1690 g/mol. The van der Waals surface area contributed by atoms with Gasteiger partial charge in [-0.15, -0.1) is 0 Å². The van der Waals surface area contributed by atoms with Gasteiger partial charge in [0.05, 0.1) is 0 Å². The van der Waals surface area contributed by atoms with Crippen LogP contribution in [0, 0.1) is 17.2 Å². The smallest absolute Gasteiger partial charge is 0.303 e. The molecule has 0 spiro atoms. The highest BCUT2D eigenvalue weighted by Crippen LogP contribution is 2.45. The van der Waals surface area contributed by atoms with Gasteiger partial charge in [-0.05, 0) is 80.7 Å². The van der Waals surface area contributed by atoms with Gasteiger partial charge in [0.1, 0.15) is 87.1 Å². The van der Waals surface area contributed by atoms with Crippen LogP contribution in [-0.4, -0.2) is 294 Å². The zero-order chi connectivity index (χ0) is 87.2. The molecule has 116 heavy (non-hydrogen) atoms. The number of carbonyl (C=O) groups is 4. The maximum Gasteiger partial charge on any atom is 0.303 e. The number of aliphatic hydroxyl groups is 12. The van der Waals surface area contributed by atoms with Crippen LogP contribution in [0.4, 0.5) is 0 Å². The molecule has 0 amide bonds. The summed E-state index contributed by atoms with van der Waals surface area (Å²) in [4.78, 5) is 88.3. The van der Waals surface area contributed by atoms with Crippen LogP contribution >= 0.6 is 0 Å². The number of carboxylic acids is 4. The van der Waals surface area contributed by atoms with Crippen LogP contribution in [0.3, 0.4) is 0 Å². The molecule has 0 bridgehead atoms. The number of aliphatic carboxylic acids is 4. The predicted molar refractivity (Wildman–Crippen MR) is 424 cm³/mol. The Morgan fingerprint density at radius 3 is 1.19 bits per heavy atom. The van der Waals surface area contributed by atoms with Gasteiger partial charge in [0, 0.05) is 84.0 Å². The number of rotatable bonds is 47. The number of ether oxygens (including phenoxy) is 1. The number of hydrogen-bond donors (Lipinski definition) is 21. The van der Waals surface area contributed by atoms with Crippen LogP contribution < -0.4 is 4.74 Å². The minimum absolute atomic E-state index is 0.0811. The third kappa shape index (κ3) is 27.6. The van der Waals surface area contributed by atoms with Crippen molar-refractivity contribution in [1.29, 1.82) is 5.41 Å². The standard InChI is InChI=1S/C70H90N12O31S3/c1-7-32(3)60(69(102)79-44(19-23-56(91)92)64(97)74-34(5)62(71)95)81-67(100)43(18-22-55(89)90)76-52(85)30-73-63(96)47(27-36-9-11-37(84)12-10-36)80-70(103)61(33(4)8-2)82-68(101)46(78-66(99)45(20-24-57(93)94)77-65(98)42(75-35(6)83)17-21-54(87)88)25-26-72-53(86)31-113-48-28-49(114(104,105)106)39-15-16-41-51(116(110,111)112)29-50(115(107,108)109)40-14-13-38(48)58(39)59(40)41/h9-16,28-29,32-34,42-47,60-61,84H,7-8,17-27,30-31H2,1-6H3,(H2,71,95)(H,72,86)(H,73,96)(H,74,97)(H,75,83)(H,76,85)(H,77,98)(H,78,99)(H,79,102)(H,80,103)(H,81,100)(H,82,101)(H,87,88)(H,89,90)(H,91,92)(H,93,94)(H,104,105,106)(H,107,108,109)(H,110,111,112)/t32-,33-,34-,42-,43-,44-,45-,46-,47-,60-,61-/m0/s1. The van der Waals surface area contributed by atoms with Crippen molar-refractivity contribution in [2.75, 3.05) is 19.7 Å². The van der Waals surface area contributed by atoms with Crippen molar-refractivity contribution >= 4 is 157 Å². The van der Waals surface area contributed by atoms with E-state index in [1.54, 1.807) is 13.8 Å². The molecule has 5 aromatic rings. The molecule has 0 saturated heterocycles. The normalized spacial score (nSPS) is 17.0. The fourth-order valence-electron chi connectivity index (χ4n) is 11.3.